The summed E-state index contributed by atoms with van der Waals surface area (Å²) in [5.74, 6) is -0.434. The molecule has 0 unspecified atom stereocenters. The summed E-state index contributed by atoms with van der Waals surface area (Å²) in [5.41, 5.74) is 3.42. The van der Waals surface area contributed by atoms with Crippen molar-refractivity contribution in [2.75, 3.05) is 17.1 Å². The quantitative estimate of drug-likeness (QED) is 0.272. The van der Waals surface area contributed by atoms with Crippen molar-refractivity contribution in [1.29, 1.82) is 0 Å². The number of sulfonamides is 1. The molecule has 3 aromatic carbocycles. The molecule has 0 heterocycles. The SMILES string of the molecule is Cc1ccc(N(CCCC(=O)N(Cc2cccc(Br)c2)[C@@H](Cc2ccccc2)C(=O)NC(C)C)S(C)(=O)=O)cc1. The summed E-state index contributed by atoms with van der Waals surface area (Å²) in [6, 6.07) is 23.7. The summed E-state index contributed by atoms with van der Waals surface area (Å²) in [6.45, 7) is 6.12. The number of carbonyl (C=O) groups is 2. The van der Waals surface area contributed by atoms with E-state index in [0.717, 1.165) is 21.2 Å². The zero-order valence-corrected chi connectivity index (χ0v) is 25.9. The lowest BCUT2D eigenvalue weighted by molar-refractivity contribution is -0.141. The van der Waals surface area contributed by atoms with Crippen molar-refractivity contribution >= 4 is 43.5 Å². The predicted octanol–water partition coefficient (Wildman–Crippen LogP) is 5.47. The van der Waals surface area contributed by atoms with Gasteiger partial charge in [0.25, 0.3) is 0 Å². The van der Waals surface area contributed by atoms with Crippen LogP contribution in [-0.2, 0) is 32.6 Å². The van der Waals surface area contributed by atoms with Crippen LogP contribution < -0.4 is 9.62 Å². The van der Waals surface area contributed by atoms with E-state index in [-0.39, 0.29) is 37.4 Å². The molecule has 0 saturated heterocycles. The Morgan fingerprint density at radius 2 is 1.57 bits per heavy atom. The highest BCUT2D eigenvalue weighted by Crippen LogP contribution is 2.21. The molecule has 0 aliphatic heterocycles. The zero-order chi connectivity index (χ0) is 29.3. The van der Waals surface area contributed by atoms with E-state index in [9.17, 15) is 18.0 Å². The Hall–Kier alpha value is -3.17. The third-order valence-electron chi connectivity index (χ3n) is 6.42. The Morgan fingerprint density at radius 3 is 2.17 bits per heavy atom. The van der Waals surface area contributed by atoms with Gasteiger partial charge in [0.15, 0.2) is 0 Å². The maximum Gasteiger partial charge on any atom is 0.243 e. The maximum atomic E-state index is 13.8. The minimum absolute atomic E-state index is 0.0894. The third-order valence-corrected chi connectivity index (χ3v) is 8.11. The number of hydrogen-bond donors (Lipinski definition) is 1. The summed E-state index contributed by atoms with van der Waals surface area (Å²) < 4.78 is 27.4. The fraction of sp³-hybridized carbons (Fsp3) is 0.355. The first-order chi connectivity index (χ1) is 18.9. The number of benzene rings is 3. The molecule has 0 saturated carbocycles. The van der Waals surface area contributed by atoms with Gasteiger partial charge in [0.1, 0.15) is 6.04 Å². The third kappa shape index (κ3) is 9.48. The molecule has 7 nitrogen and oxygen atoms in total. The Labute approximate surface area is 246 Å². The van der Waals surface area contributed by atoms with Gasteiger partial charge in [-0.25, -0.2) is 8.42 Å². The number of anilines is 1. The normalized spacial score (nSPS) is 12.2. The van der Waals surface area contributed by atoms with Crippen molar-refractivity contribution in [2.45, 2.75) is 58.7 Å². The molecule has 0 spiro atoms. The van der Waals surface area contributed by atoms with Crippen LogP contribution in [0.5, 0.6) is 0 Å². The predicted molar refractivity (Wildman–Crippen MR) is 165 cm³/mol. The van der Waals surface area contributed by atoms with Crippen LogP contribution in [0, 0.1) is 6.92 Å². The summed E-state index contributed by atoms with van der Waals surface area (Å²) in [6.07, 6.45) is 1.92. The second-order valence-electron chi connectivity index (χ2n) is 10.3. The highest BCUT2D eigenvalue weighted by molar-refractivity contribution is 9.10. The van der Waals surface area contributed by atoms with E-state index in [1.807, 2.05) is 87.5 Å². The number of rotatable bonds is 13. The van der Waals surface area contributed by atoms with Crippen LogP contribution in [-0.4, -0.2) is 50.0 Å². The van der Waals surface area contributed by atoms with Crippen LogP contribution in [0.1, 0.15) is 43.4 Å². The highest BCUT2D eigenvalue weighted by Gasteiger charge is 2.31. The van der Waals surface area contributed by atoms with E-state index >= 15 is 0 Å². The van der Waals surface area contributed by atoms with Gasteiger partial charge in [-0.05, 0) is 62.6 Å². The van der Waals surface area contributed by atoms with Gasteiger partial charge in [0.05, 0.1) is 11.9 Å². The molecule has 3 aromatic rings. The molecular weight excluding hydrogens is 590 g/mol. The van der Waals surface area contributed by atoms with Crippen LogP contribution in [0.15, 0.2) is 83.3 Å². The summed E-state index contributed by atoms with van der Waals surface area (Å²) in [7, 11) is -3.55. The van der Waals surface area contributed by atoms with E-state index in [2.05, 4.69) is 21.2 Å². The lowest BCUT2D eigenvalue weighted by Crippen LogP contribution is -2.51. The fourth-order valence-corrected chi connectivity index (χ4v) is 5.89. The molecule has 0 aliphatic carbocycles. The molecule has 1 atom stereocenters. The van der Waals surface area contributed by atoms with E-state index in [1.165, 1.54) is 10.6 Å². The van der Waals surface area contributed by atoms with Gasteiger partial charge < -0.3 is 10.2 Å². The van der Waals surface area contributed by atoms with Crippen molar-refractivity contribution in [1.82, 2.24) is 10.2 Å². The molecule has 40 heavy (non-hydrogen) atoms. The minimum Gasteiger partial charge on any atom is -0.352 e. The molecule has 214 valence electrons. The number of carbonyl (C=O) groups excluding carboxylic acids is 2. The van der Waals surface area contributed by atoms with Gasteiger partial charge in [0.2, 0.25) is 21.8 Å². The Bertz CT molecular complexity index is 1380. The van der Waals surface area contributed by atoms with Gasteiger partial charge in [0, 0.05) is 36.4 Å². The number of halogens is 1. The number of nitrogens with zero attached hydrogens (tertiary/aromatic N) is 2. The number of hydrogen-bond acceptors (Lipinski definition) is 4. The number of nitrogens with one attached hydrogen (secondary N) is 1. The van der Waals surface area contributed by atoms with Gasteiger partial charge in [-0.15, -0.1) is 0 Å². The highest BCUT2D eigenvalue weighted by atomic mass is 79.9. The molecule has 3 rings (SSSR count). The molecule has 0 bridgehead atoms. The first-order valence-corrected chi connectivity index (χ1v) is 16.0. The van der Waals surface area contributed by atoms with Crippen LogP contribution in [0.2, 0.25) is 0 Å². The zero-order valence-electron chi connectivity index (χ0n) is 23.5. The van der Waals surface area contributed by atoms with E-state index in [1.54, 1.807) is 17.0 Å². The van der Waals surface area contributed by atoms with Crippen molar-refractivity contribution in [3.63, 3.8) is 0 Å². The molecular formula is C31H38BrN3O4S. The van der Waals surface area contributed by atoms with E-state index < -0.39 is 16.1 Å². The smallest absolute Gasteiger partial charge is 0.243 e. The molecule has 0 fully saturated rings. The monoisotopic (exact) mass is 627 g/mol. The Morgan fingerprint density at radius 1 is 0.925 bits per heavy atom. The summed E-state index contributed by atoms with van der Waals surface area (Å²) in [5, 5.41) is 2.99. The summed E-state index contributed by atoms with van der Waals surface area (Å²) in [4.78, 5) is 28.9. The van der Waals surface area contributed by atoms with Gasteiger partial charge in [-0.1, -0.05) is 76.1 Å². The summed E-state index contributed by atoms with van der Waals surface area (Å²) >= 11 is 3.50. The molecule has 2 amide bonds. The average Bonchev–Trinajstić information content (AvgIpc) is 2.89. The first-order valence-electron chi connectivity index (χ1n) is 13.4. The lowest BCUT2D eigenvalue weighted by Gasteiger charge is -2.32. The van der Waals surface area contributed by atoms with Crippen LogP contribution in [0.4, 0.5) is 5.69 Å². The van der Waals surface area contributed by atoms with E-state index in [0.29, 0.717) is 18.5 Å². The Kier molecular flexibility index (Phi) is 11.3. The fourth-order valence-electron chi connectivity index (χ4n) is 4.48. The van der Waals surface area contributed by atoms with Crippen molar-refractivity contribution < 1.29 is 18.0 Å². The Balaban J connectivity index is 1.87. The molecule has 1 N–H and O–H groups in total. The lowest BCUT2D eigenvalue weighted by atomic mass is 10.0. The second-order valence-corrected chi connectivity index (χ2v) is 13.1. The van der Waals surface area contributed by atoms with Gasteiger partial charge in [-0.2, -0.15) is 0 Å². The number of aryl methyl sites for hydroxylation is 1. The van der Waals surface area contributed by atoms with Crippen molar-refractivity contribution in [3.05, 3.63) is 100 Å². The van der Waals surface area contributed by atoms with Crippen LogP contribution >= 0.6 is 15.9 Å². The first kappa shape index (κ1) is 31.4. The van der Waals surface area contributed by atoms with E-state index in [4.69, 9.17) is 0 Å². The minimum atomic E-state index is -3.55. The number of amides is 2. The van der Waals surface area contributed by atoms with Gasteiger partial charge >= 0.3 is 0 Å². The van der Waals surface area contributed by atoms with Crippen molar-refractivity contribution in [3.8, 4) is 0 Å². The van der Waals surface area contributed by atoms with Crippen molar-refractivity contribution in [2.24, 2.45) is 0 Å². The topological polar surface area (TPSA) is 86.8 Å². The molecule has 9 heteroatoms. The molecule has 0 aromatic heterocycles. The van der Waals surface area contributed by atoms with Crippen LogP contribution in [0.3, 0.4) is 0 Å². The standard InChI is InChI=1S/C31H38BrN3O4S/c1-23(2)33-31(37)29(21-25-10-6-5-7-11-25)34(22-26-12-8-13-27(32)20-26)30(36)14-9-19-35(40(4,38)39)28-17-15-24(3)16-18-28/h5-8,10-13,15-18,20,23,29H,9,14,19,21-22H2,1-4H3,(H,33,37)/t29-/m0/s1. The largest absolute Gasteiger partial charge is 0.352 e. The molecule has 0 radical (unpaired) electrons. The van der Waals surface area contributed by atoms with Gasteiger partial charge in [-0.3, -0.25) is 13.9 Å². The second kappa shape index (κ2) is 14.5. The average molecular weight is 629 g/mol. The maximum absolute atomic E-state index is 13.8. The van der Waals surface area contributed by atoms with Crippen LogP contribution in [0.25, 0.3) is 0 Å². The molecule has 0 aliphatic rings.